The molecule has 4 nitrogen and oxygen atoms in total. The van der Waals surface area contributed by atoms with Gasteiger partial charge < -0.3 is 4.57 Å². The Morgan fingerprint density at radius 3 is 2.52 bits per heavy atom. The molecule has 0 fully saturated rings. The van der Waals surface area contributed by atoms with E-state index in [9.17, 15) is 9.18 Å². The van der Waals surface area contributed by atoms with Crippen LogP contribution in [-0.4, -0.2) is 14.3 Å². The van der Waals surface area contributed by atoms with Crippen molar-refractivity contribution in [1.82, 2.24) is 14.3 Å². The predicted octanol–water partition coefficient (Wildman–Crippen LogP) is 2.44. The third-order valence-electron chi connectivity index (χ3n) is 3.31. The number of benzene rings is 1. The Balaban J connectivity index is 1.84. The molecule has 106 valence electrons. The van der Waals surface area contributed by atoms with Crippen molar-refractivity contribution in [1.29, 1.82) is 0 Å². The van der Waals surface area contributed by atoms with Crippen LogP contribution in [0.5, 0.6) is 0 Å². The molecule has 0 saturated heterocycles. The van der Waals surface area contributed by atoms with Crippen LogP contribution in [0.25, 0.3) is 11.1 Å². The van der Waals surface area contributed by atoms with Crippen LogP contribution in [-0.2, 0) is 13.6 Å². The molecular formula is C16H14FN3O. The summed E-state index contributed by atoms with van der Waals surface area (Å²) in [6, 6.07) is 9.67. The van der Waals surface area contributed by atoms with Gasteiger partial charge in [0.25, 0.3) is 0 Å². The second kappa shape index (κ2) is 5.36. The van der Waals surface area contributed by atoms with Crippen molar-refractivity contribution >= 4 is 0 Å². The van der Waals surface area contributed by atoms with Crippen LogP contribution in [0.1, 0.15) is 5.56 Å². The molecule has 3 rings (SSSR count). The highest BCUT2D eigenvalue weighted by Gasteiger charge is 2.04. The average molecular weight is 283 g/mol. The van der Waals surface area contributed by atoms with Gasteiger partial charge >= 0.3 is 0 Å². The van der Waals surface area contributed by atoms with E-state index in [1.807, 2.05) is 6.20 Å². The van der Waals surface area contributed by atoms with E-state index < -0.39 is 0 Å². The number of halogens is 1. The monoisotopic (exact) mass is 283 g/mol. The Bertz CT molecular complexity index is 818. The number of aromatic nitrogens is 3. The van der Waals surface area contributed by atoms with E-state index in [0.717, 1.165) is 16.7 Å². The molecule has 5 heteroatoms. The summed E-state index contributed by atoms with van der Waals surface area (Å²) in [4.78, 5) is 11.4. The number of pyridine rings is 1. The first-order valence-electron chi connectivity index (χ1n) is 6.56. The normalized spacial score (nSPS) is 10.8. The van der Waals surface area contributed by atoms with Crippen molar-refractivity contribution in [2.24, 2.45) is 7.05 Å². The summed E-state index contributed by atoms with van der Waals surface area (Å²) in [7, 11) is 1.72. The first-order valence-corrected chi connectivity index (χ1v) is 6.56. The van der Waals surface area contributed by atoms with Crippen LogP contribution in [0.15, 0.2) is 59.8 Å². The number of nitrogens with zero attached hydrogens (tertiary/aromatic N) is 3. The second-order valence-corrected chi connectivity index (χ2v) is 4.92. The lowest BCUT2D eigenvalue weighted by atomic mass is 10.2. The molecule has 0 N–H and O–H groups in total. The van der Waals surface area contributed by atoms with Crippen molar-refractivity contribution in [2.45, 2.75) is 6.54 Å². The minimum absolute atomic E-state index is 0.0440. The van der Waals surface area contributed by atoms with Gasteiger partial charge in [-0.05, 0) is 23.8 Å². The lowest BCUT2D eigenvalue weighted by Crippen LogP contribution is -2.13. The Morgan fingerprint density at radius 2 is 1.81 bits per heavy atom. The molecule has 0 aliphatic heterocycles. The quantitative estimate of drug-likeness (QED) is 0.740. The standard InChI is InChI=1S/C16H14FN3O/c1-19-10-13(4-7-16(19)21)14-8-18-20(11-14)9-12-2-5-15(17)6-3-12/h2-8,10-11H,9H2,1H3. The maximum atomic E-state index is 12.9. The summed E-state index contributed by atoms with van der Waals surface area (Å²) in [5, 5.41) is 4.30. The highest BCUT2D eigenvalue weighted by molar-refractivity contribution is 5.60. The highest BCUT2D eigenvalue weighted by atomic mass is 19.1. The summed E-state index contributed by atoms with van der Waals surface area (Å²) < 4.78 is 16.2. The zero-order chi connectivity index (χ0) is 14.8. The van der Waals surface area contributed by atoms with Gasteiger partial charge in [0.05, 0.1) is 12.7 Å². The molecule has 21 heavy (non-hydrogen) atoms. The van der Waals surface area contributed by atoms with E-state index >= 15 is 0 Å². The van der Waals surface area contributed by atoms with E-state index in [1.165, 1.54) is 22.8 Å². The molecule has 0 atom stereocenters. The van der Waals surface area contributed by atoms with E-state index in [0.29, 0.717) is 6.54 Å². The number of aryl methyl sites for hydroxylation is 1. The zero-order valence-electron chi connectivity index (χ0n) is 11.5. The second-order valence-electron chi connectivity index (χ2n) is 4.92. The summed E-state index contributed by atoms with van der Waals surface area (Å²) in [6.07, 6.45) is 5.44. The minimum atomic E-state index is -0.245. The Morgan fingerprint density at radius 1 is 1.05 bits per heavy atom. The molecule has 2 aromatic heterocycles. The van der Waals surface area contributed by atoms with Gasteiger partial charge in [-0.25, -0.2) is 4.39 Å². The Kier molecular flexibility index (Phi) is 3.39. The third kappa shape index (κ3) is 2.91. The SMILES string of the molecule is Cn1cc(-c2cnn(Cc3ccc(F)cc3)c2)ccc1=O. The predicted molar refractivity (Wildman–Crippen MR) is 78.4 cm³/mol. The van der Waals surface area contributed by atoms with E-state index in [4.69, 9.17) is 0 Å². The number of rotatable bonds is 3. The van der Waals surface area contributed by atoms with Crippen LogP contribution in [0, 0.1) is 5.82 Å². The van der Waals surface area contributed by atoms with Gasteiger partial charge in [-0.3, -0.25) is 9.48 Å². The van der Waals surface area contributed by atoms with E-state index in [2.05, 4.69) is 5.10 Å². The molecule has 0 radical (unpaired) electrons. The minimum Gasteiger partial charge on any atom is -0.318 e. The maximum absolute atomic E-state index is 12.9. The van der Waals surface area contributed by atoms with Gasteiger partial charge in [0.15, 0.2) is 0 Å². The number of hydrogen-bond donors (Lipinski definition) is 0. The fraction of sp³-hybridized carbons (Fsp3) is 0.125. The molecule has 0 aliphatic carbocycles. The van der Waals surface area contributed by atoms with E-state index in [1.54, 1.807) is 42.3 Å². The first kappa shape index (κ1) is 13.3. The van der Waals surface area contributed by atoms with Gasteiger partial charge in [-0.15, -0.1) is 0 Å². The molecule has 0 saturated carbocycles. The molecule has 1 aromatic carbocycles. The highest BCUT2D eigenvalue weighted by Crippen LogP contribution is 2.17. The van der Waals surface area contributed by atoms with Crippen LogP contribution in [0.2, 0.25) is 0 Å². The molecule has 3 aromatic rings. The van der Waals surface area contributed by atoms with Crippen molar-refractivity contribution in [3.05, 3.63) is 76.7 Å². The molecule has 0 spiro atoms. The Hall–Kier alpha value is -2.69. The number of hydrogen-bond acceptors (Lipinski definition) is 2. The van der Waals surface area contributed by atoms with Crippen LogP contribution in [0.4, 0.5) is 4.39 Å². The van der Waals surface area contributed by atoms with Crippen LogP contribution < -0.4 is 5.56 Å². The van der Waals surface area contributed by atoms with Crippen molar-refractivity contribution in [2.75, 3.05) is 0 Å². The summed E-state index contributed by atoms with van der Waals surface area (Å²) in [5.41, 5.74) is 2.80. The van der Waals surface area contributed by atoms with Gasteiger partial charge in [0, 0.05) is 36.6 Å². The summed E-state index contributed by atoms with van der Waals surface area (Å²) in [5.74, 6) is -0.245. The van der Waals surface area contributed by atoms with Gasteiger partial charge in [-0.2, -0.15) is 5.10 Å². The molecule has 0 bridgehead atoms. The van der Waals surface area contributed by atoms with Crippen molar-refractivity contribution in [3.8, 4) is 11.1 Å². The summed E-state index contributed by atoms with van der Waals surface area (Å²) >= 11 is 0. The molecular weight excluding hydrogens is 269 g/mol. The molecule has 2 heterocycles. The van der Waals surface area contributed by atoms with Gasteiger partial charge in [-0.1, -0.05) is 12.1 Å². The average Bonchev–Trinajstić information content (AvgIpc) is 2.93. The van der Waals surface area contributed by atoms with Crippen molar-refractivity contribution < 1.29 is 4.39 Å². The fourth-order valence-electron chi connectivity index (χ4n) is 2.14. The van der Waals surface area contributed by atoms with Crippen LogP contribution >= 0.6 is 0 Å². The fourth-order valence-corrected chi connectivity index (χ4v) is 2.14. The Labute approximate surface area is 121 Å². The first-order chi connectivity index (χ1) is 10.1. The molecule has 0 unspecified atom stereocenters. The molecule has 0 aliphatic rings. The smallest absolute Gasteiger partial charge is 0.250 e. The van der Waals surface area contributed by atoms with E-state index in [-0.39, 0.29) is 11.4 Å². The molecule has 0 amide bonds. The maximum Gasteiger partial charge on any atom is 0.250 e. The topological polar surface area (TPSA) is 39.8 Å². The lowest BCUT2D eigenvalue weighted by Gasteiger charge is -2.02. The third-order valence-corrected chi connectivity index (χ3v) is 3.31. The zero-order valence-corrected chi connectivity index (χ0v) is 11.5. The largest absolute Gasteiger partial charge is 0.318 e. The van der Waals surface area contributed by atoms with Crippen LogP contribution in [0.3, 0.4) is 0 Å². The van der Waals surface area contributed by atoms with Gasteiger partial charge in [0.2, 0.25) is 5.56 Å². The van der Waals surface area contributed by atoms with Crippen molar-refractivity contribution in [3.63, 3.8) is 0 Å². The van der Waals surface area contributed by atoms with Gasteiger partial charge in [0.1, 0.15) is 5.82 Å². The summed E-state index contributed by atoms with van der Waals surface area (Å²) in [6.45, 7) is 0.575. The lowest BCUT2D eigenvalue weighted by molar-refractivity contribution is 0.624.